The third-order valence-corrected chi connectivity index (χ3v) is 3.18. The summed E-state index contributed by atoms with van der Waals surface area (Å²) < 4.78 is 10.9. The summed E-state index contributed by atoms with van der Waals surface area (Å²) in [6, 6.07) is 7.59. The van der Waals surface area contributed by atoms with Crippen LogP contribution in [0.25, 0.3) is 0 Å². The lowest BCUT2D eigenvalue weighted by Gasteiger charge is -2.23. The molecule has 0 heterocycles. The molecule has 1 aromatic rings. The van der Waals surface area contributed by atoms with Crippen LogP contribution in [0.2, 0.25) is 0 Å². The van der Waals surface area contributed by atoms with Gasteiger partial charge in [-0.15, -0.1) is 0 Å². The van der Waals surface area contributed by atoms with Crippen LogP contribution in [-0.2, 0) is 0 Å². The number of aliphatic hydroxyl groups is 1. The molecule has 0 spiro atoms. The van der Waals surface area contributed by atoms with Crippen LogP contribution in [0.1, 0.15) is 33.1 Å². The zero-order valence-electron chi connectivity index (χ0n) is 12.8. The molecule has 0 unspecified atom stereocenters. The number of hydrogen-bond acceptors (Lipinski definition) is 4. The number of nitrogens with one attached hydrogen (secondary N) is 1. The molecular formula is C16H27NO3. The van der Waals surface area contributed by atoms with E-state index in [-0.39, 0.29) is 0 Å². The van der Waals surface area contributed by atoms with Gasteiger partial charge in [0, 0.05) is 13.1 Å². The molecule has 2 N–H and O–H groups in total. The Morgan fingerprint density at radius 3 is 2.60 bits per heavy atom. The van der Waals surface area contributed by atoms with Crippen LogP contribution in [0.5, 0.6) is 11.5 Å². The topological polar surface area (TPSA) is 50.7 Å². The first kappa shape index (κ1) is 16.8. The van der Waals surface area contributed by atoms with Crippen molar-refractivity contribution in [1.82, 2.24) is 5.32 Å². The highest BCUT2D eigenvalue weighted by molar-refractivity contribution is 5.39. The Hall–Kier alpha value is -1.26. The van der Waals surface area contributed by atoms with Gasteiger partial charge in [-0.2, -0.15) is 0 Å². The van der Waals surface area contributed by atoms with Crippen LogP contribution in [0, 0.1) is 0 Å². The van der Waals surface area contributed by atoms with Crippen molar-refractivity contribution >= 4 is 0 Å². The molecule has 0 saturated heterocycles. The van der Waals surface area contributed by atoms with Crippen molar-refractivity contribution in [3.63, 3.8) is 0 Å². The molecule has 0 saturated carbocycles. The van der Waals surface area contributed by atoms with Gasteiger partial charge in [0.1, 0.15) is 6.61 Å². The molecule has 4 heteroatoms. The van der Waals surface area contributed by atoms with E-state index in [1.165, 1.54) is 0 Å². The zero-order valence-corrected chi connectivity index (χ0v) is 12.8. The van der Waals surface area contributed by atoms with E-state index in [4.69, 9.17) is 9.47 Å². The molecule has 1 aromatic carbocycles. The third kappa shape index (κ3) is 6.26. The third-order valence-electron chi connectivity index (χ3n) is 3.18. The molecule has 0 amide bonds. The van der Waals surface area contributed by atoms with E-state index in [9.17, 15) is 5.11 Å². The molecule has 0 aromatic heterocycles. The van der Waals surface area contributed by atoms with Crippen LogP contribution in [0.4, 0.5) is 0 Å². The van der Waals surface area contributed by atoms with E-state index in [1.54, 1.807) is 7.11 Å². The number of para-hydroxylation sites is 2. The van der Waals surface area contributed by atoms with Gasteiger partial charge in [0.15, 0.2) is 11.5 Å². The maximum atomic E-state index is 10.1. The second-order valence-corrected chi connectivity index (χ2v) is 5.28. The lowest BCUT2D eigenvalue weighted by atomic mass is 9.99. The van der Waals surface area contributed by atoms with Crippen molar-refractivity contribution in [3.05, 3.63) is 24.3 Å². The van der Waals surface area contributed by atoms with Gasteiger partial charge in [-0.3, -0.25) is 0 Å². The van der Waals surface area contributed by atoms with E-state index < -0.39 is 5.60 Å². The lowest BCUT2D eigenvalue weighted by molar-refractivity contribution is 0.0479. The summed E-state index contributed by atoms with van der Waals surface area (Å²) in [5.41, 5.74) is -0.638. The maximum Gasteiger partial charge on any atom is 0.161 e. The number of hydrogen-bond donors (Lipinski definition) is 2. The van der Waals surface area contributed by atoms with Crippen molar-refractivity contribution in [2.45, 2.75) is 38.7 Å². The molecule has 4 nitrogen and oxygen atoms in total. The van der Waals surface area contributed by atoms with Gasteiger partial charge < -0.3 is 19.9 Å². The summed E-state index contributed by atoms with van der Waals surface area (Å²) in [5.74, 6) is 1.48. The Kier molecular flexibility index (Phi) is 7.41. The fourth-order valence-electron chi connectivity index (χ4n) is 1.97. The van der Waals surface area contributed by atoms with Crippen LogP contribution >= 0.6 is 0 Å². The second kappa shape index (κ2) is 8.82. The normalized spacial score (nSPS) is 13.8. The van der Waals surface area contributed by atoms with Gasteiger partial charge in [0.25, 0.3) is 0 Å². The highest BCUT2D eigenvalue weighted by Gasteiger charge is 2.18. The predicted octanol–water partition coefficient (Wildman–Crippen LogP) is 2.60. The molecule has 1 rings (SSSR count). The zero-order chi connectivity index (χ0) is 14.8. The molecule has 1 atom stereocenters. The number of ether oxygens (including phenoxy) is 2. The van der Waals surface area contributed by atoms with Crippen LogP contribution < -0.4 is 14.8 Å². The Balaban J connectivity index is 2.22. The van der Waals surface area contributed by atoms with Crippen molar-refractivity contribution in [3.8, 4) is 11.5 Å². The SMILES string of the molecule is CCCC[C@@](C)(O)CNCCOc1ccccc1OC. The molecule has 0 bridgehead atoms. The van der Waals surface area contributed by atoms with E-state index in [0.29, 0.717) is 19.7 Å². The minimum absolute atomic E-state index is 0.546. The summed E-state index contributed by atoms with van der Waals surface area (Å²) in [4.78, 5) is 0. The Bertz CT molecular complexity index is 380. The second-order valence-electron chi connectivity index (χ2n) is 5.28. The van der Waals surface area contributed by atoms with Crippen molar-refractivity contribution in [2.75, 3.05) is 26.8 Å². The highest BCUT2D eigenvalue weighted by atomic mass is 16.5. The number of benzene rings is 1. The predicted molar refractivity (Wildman–Crippen MR) is 81.5 cm³/mol. The molecule has 0 aliphatic rings. The van der Waals surface area contributed by atoms with Gasteiger partial charge in [-0.05, 0) is 25.5 Å². The molecule has 0 aliphatic carbocycles. The first-order chi connectivity index (χ1) is 9.59. The fraction of sp³-hybridized carbons (Fsp3) is 0.625. The van der Waals surface area contributed by atoms with Crippen molar-refractivity contribution in [1.29, 1.82) is 0 Å². The summed E-state index contributed by atoms with van der Waals surface area (Å²) in [5, 5.41) is 13.3. The van der Waals surface area contributed by atoms with E-state index in [0.717, 1.165) is 30.8 Å². The lowest BCUT2D eigenvalue weighted by Crippen LogP contribution is -2.39. The van der Waals surface area contributed by atoms with Crippen molar-refractivity contribution in [2.24, 2.45) is 0 Å². The molecule has 0 aliphatic heterocycles. The summed E-state index contributed by atoms with van der Waals surface area (Å²) in [6.07, 6.45) is 2.98. The van der Waals surface area contributed by atoms with Gasteiger partial charge in [0.2, 0.25) is 0 Å². The van der Waals surface area contributed by atoms with Crippen molar-refractivity contribution < 1.29 is 14.6 Å². The average Bonchev–Trinajstić information content (AvgIpc) is 2.45. The summed E-state index contributed by atoms with van der Waals surface area (Å²) in [7, 11) is 1.63. The number of methoxy groups -OCH3 is 1. The monoisotopic (exact) mass is 281 g/mol. The molecule has 114 valence electrons. The maximum absolute atomic E-state index is 10.1. The first-order valence-corrected chi connectivity index (χ1v) is 7.28. The molecule has 0 fully saturated rings. The minimum atomic E-state index is -0.638. The van der Waals surface area contributed by atoms with Gasteiger partial charge in [-0.1, -0.05) is 31.9 Å². The van der Waals surface area contributed by atoms with Gasteiger partial charge >= 0.3 is 0 Å². The molecular weight excluding hydrogens is 254 g/mol. The summed E-state index contributed by atoms with van der Waals surface area (Å²) in [6.45, 7) is 5.83. The standard InChI is InChI=1S/C16H27NO3/c1-4-5-10-16(2,18)13-17-11-12-20-15-9-7-6-8-14(15)19-3/h6-9,17-18H,4-5,10-13H2,1-3H3/t16-/m1/s1. The molecule has 20 heavy (non-hydrogen) atoms. The van der Waals surface area contributed by atoms with Gasteiger partial charge in [0.05, 0.1) is 12.7 Å². The Morgan fingerprint density at radius 2 is 1.95 bits per heavy atom. The summed E-state index contributed by atoms with van der Waals surface area (Å²) >= 11 is 0. The van der Waals surface area contributed by atoms with E-state index in [2.05, 4.69) is 12.2 Å². The van der Waals surface area contributed by atoms with E-state index in [1.807, 2.05) is 31.2 Å². The van der Waals surface area contributed by atoms with E-state index >= 15 is 0 Å². The Labute approximate surface area is 122 Å². The average molecular weight is 281 g/mol. The van der Waals surface area contributed by atoms with Crippen LogP contribution in [-0.4, -0.2) is 37.5 Å². The van der Waals surface area contributed by atoms with Crippen LogP contribution in [0.3, 0.4) is 0 Å². The number of unbranched alkanes of at least 4 members (excludes halogenated alkanes) is 1. The molecule has 0 radical (unpaired) electrons. The fourth-order valence-corrected chi connectivity index (χ4v) is 1.97. The first-order valence-electron chi connectivity index (χ1n) is 7.28. The van der Waals surface area contributed by atoms with Crippen LogP contribution in [0.15, 0.2) is 24.3 Å². The quantitative estimate of drug-likeness (QED) is 0.647. The Morgan fingerprint density at radius 1 is 1.25 bits per heavy atom. The van der Waals surface area contributed by atoms with Gasteiger partial charge in [-0.25, -0.2) is 0 Å². The number of rotatable bonds is 10. The largest absolute Gasteiger partial charge is 0.493 e. The highest BCUT2D eigenvalue weighted by Crippen LogP contribution is 2.25. The smallest absolute Gasteiger partial charge is 0.161 e. The minimum Gasteiger partial charge on any atom is -0.493 e.